The van der Waals surface area contributed by atoms with Crippen molar-refractivity contribution < 1.29 is 4.79 Å². The number of fused-ring (bicyclic) bond motifs is 3. The fourth-order valence-corrected chi connectivity index (χ4v) is 2.24. The molecule has 10 heavy (non-hydrogen) atoms. The van der Waals surface area contributed by atoms with Crippen molar-refractivity contribution in [3.8, 4) is 0 Å². The molecule has 2 bridgehead atoms. The summed E-state index contributed by atoms with van der Waals surface area (Å²) < 4.78 is 0. The van der Waals surface area contributed by atoms with Gasteiger partial charge in [0.2, 0.25) is 0 Å². The molecule has 0 heterocycles. The topological polar surface area (TPSA) is 43.1 Å². The van der Waals surface area contributed by atoms with Crippen LogP contribution in [0.4, 0.5) is 0 Å². The molecular formula is C8H13NO. The van der Waals surface area contributed by atoms with Gasteiger partial charge in [0.25, 0.3) is 0 Å². The van der Waals surface area contributed by atoms with Crippen molar-refractivity contribution >= 4 is 5.78 Å². The first-order valence-electron chi connectivity index (χ1n) is 4.05. The Kier molecular flexibility index (Phi) is 1.31. The van der Waals surface area contributed by atoms with E-state index >= 15 is 0 Å². The molecule has 3 fully saturated rings. The van der Waals surface area contributed by atoms with Gasteiger partial charge < -0.3 is 5.73 Å². The first-order chi connectivity index (χ1) is 4.77. The number of rotatable bonds is 0. The molecule has 0 radical (unpaired) electrons. The predicted octanol–water partition coefficient (Wildman–Crippen LogP) is 0.703. The van der Waals surface area contributed by atoms with E-state index in [0.29, 0.717) is 23.7 Å². The maximum atomic E-state index is 11.1. The van der Waals surface area contributed by atoms with Crippen LogP contribution in [-0.4, -0.2) is 11.8 Å². The van der Waals surface area contributed by atoms with Gasteiger partial charge in [-0.15, -0.1) is 0 Å². The highest BCUT2D eigenvalue weighted by Crippen LogP contribution is 2.37. The minimum Gasteiger partial charge on any atom is -0.327 e. The first kappa shape index (κ1) is 6.35. The maximum Gasteiger partial charge on any atom is 0.136 e. The normalized spacial score (nSPS) is 46.1. The Morgan fingerprint density at radius 1 is 1.40 bits per heavy atom. The van der Waals surface area contributed by atoms with Gasteiger partial charge in [0.15, 0.2) is 0 Å². The highest BCUT2D eigenvalue weighted by Gasteiger charge is 2.38. The van der Waals surface area contributed by atoms with Crippen LogP contribution in [0.2, 0.25) is 0 Å². The Hall–Kier alpha value is -0.370. The number of carbonyl (C=O) groups excluding carboxylic acids is 1. The quantitative estimate of drug-likeness (QED) is 0.537. The summed E-state index contributed by atoms with van der Waals surface area (Å²) in [6.45, 7) is 0. The third-order valence-electron chi connectivity index (χ3n) is 2.97. The van der Waals surface area contributed by atoms with Gasteiger partial charge in [0.1, 0.15) is 5.78 Å². The van der Waals surface area contributed by atoms with Gasteiger partial charge in [0, 0.05) is 18.4 Å². The molecule has 1 unspecified atom stereocenters. The van der Waals surface area contributed by atoms with E-state index in [-0.39, 0.29) is 0 Å². The van der Waals surface area contributed by atoms with Crippen LogP contribution in [0, 0.1) is 11.8 Å². The third-order valence-corrected chi connectivity index (χ3v) is 2.97. The molecular weight excluding hydrogens is 126 g/mol. The molecule has 2 nitrogen and oxygen atoms in total. The van der Waals surface area contributed by atoms with Crippen molar-refractivity contribution in [2.75, 3.05) is 0 Å². The van der Waals surface area contributed by atoms with Crippen LogP contribution in [0.15, 0.2) is 0 Å². The zero-order valence-corrected chi connectivity index (χ0v) is 6.05. The van der Waals surface area contributed by atoms with Crippen molar-refractivity contribution in [2.24, 2.45) is 17.6 Å². The van der Waals surface area contributed by atoms with Gasteiger partial charge in [-0.05, 0) is 25.2 Å². The average molecular weight is 139 g/mol. The van der Waals surface area contributed by atoms with Crippen LogP contribution < -0.4 is 5.73 Å². The molecule has 3 aliphatic rings. The Bertz CT molecular complexity index is 167. The fraction of sp³-hybridized carbons (Fsp3) is 0.875. The molecule has 56 valence electrons. The van der Waals surface area contributed by atoms with Crippen LogP contribution in [0.5, 0.6) is 0 Å². The largest absolute Gasteiger partial charge is 0.327 e. The van der Waals surface area contributed by atoms with Crippen molar-refractivity contribution in [2.45, 2.75) is 31.7 Å². The van der Waals surface area contributed by atoms with E-state index in [4.69, 9.17) is 5.73 Å². The number of Topliss-reactive ketones (excluding diaryl/α,β-unsaturated/α-hetero) is 1. The standard InChI is InChI=1S/C8H13NO/c9-7-3-6-2-1-5(7)4-8(6)10/h5-7H,1-4,9H2/t5-,6-,7?/m1/s1. The number of carbonyl (C=O) groups is 1. The van der Waals surface area contributed by atoms with Crippen molar-refractivity contribution in [1.29, 1.82) is 0 Å². The van der Waals surface area contributed by atoms with Crippen LogP contribution in [0.1, 0.15) is 25.7 Å². The Labute approximate surface area is 60.8 Å². The maximum absolute atomic E-state index is 11.1. The van der Waals surface area contributed by atoms with E-state index in [1.807, 2.05) is 0 Å². The monoisotopic (exact) mass is 139 g/mol. The zero-order valence-electron chi connectivity index (χ0n) is 6.05. The predicted molar refractivity (Wildman–Crippen MR) is 38.4 cm³/mol. The third kappa shape index (κ3) is 0.788. The van der Waals surface area contributed by atoms with E-state index in [0.717, 1.165) is 19.3 Å². The van der Waals surface area contributed by atoms with E-state index in [9.17, 15) is 4.79 Å². The van der Waals surface area contributed by atoms with Gasteiger partial charge in [0.05, 0.1) is 0 Å². The molecule has 0 aromatic rings. The van der Waals surface area contributed by atoms with E-state index in [2.05, 4.69) is 0 Å². The molecule has 3 atom stereocenters. The summed E-state index contributed by atoms with van der Waals surface area (Å²) in [4.78, 5) is 11.1. The lowest BCUT2D eigenvalue weighted by Gasteiger charge is -2.39. The molecule has 3 saturated carbocycles. The summed E-state index contributed by atoms with van der Waals surface area (Å²) in [6, 6.07) is 0.330. The molecule has 3 rings (SSSR count). The molecule has 2 N–H and O–H groups in total. The van der Waals surface area contributed by atoms with Gasteiger partial charge in [-0.1, -0.05) is 0 Å². The second-order valence-electron chi connectivity index (χ2n) is 3.60. The molecule has 0 saturated heterocycles. The van der Waals surface area contributed by atoms with E-state index < -0.39 is 0 Å². The second-order valence-corrected chi connectivity index (χ2v) is 3.60. The SMILES string of the molecule is NC1C[C@H]2CC[C@@H]1CC2=O. The fourth-order valence-electron chi connectivity index (χ4n) is 2.24. The molecule has 0 aromatic carbocycles. The molecule has 0 spiro atoms. The lowest BCUT2D eigenvalue weighted by Crippen LogP contribution is -2.45. The minimum absolute atomic E-state index is 0.330. The Balaban J connectivity index is 2.16. The lowest BCUT2D eigenvalue weighted by atomic mass is 9.67. The second kappa shape index (κ2) is 2.06. The van der Waals surface area contributed by atoms with Crippen molar-refractivity contribution in [1.82, 2.24) is 0 Å². The molecule has 0 aliphatic heterocycles. The van der Waals surface area contributed by atoms with Gasteiger partial charge in [-0.25, -0.2) is 0 Å². The number of ketones is 1. The minimum atomic E-state index is 0.330. The van der Waals surface area contributed by atoms with Crippen LogP contribution in [0.25, 0.3) is 0 Å². The smallest absolute Gasteiger partial charge is 0.136 e. The summed E-state index contributed by atoms with van der Waals surface area (Å²) in [5.74, 6) is 1.33. The number of hydrogen-bond acceptors (Lipinski definition) is 2. The Morgan fingerprint density at radius 3 is 2.50 bits per heavy atom. The summed E-state index contributed by atoms with van der Waals surface area (Å²) >= 11 is 0. The number of hydrogen-bond donors (Lipinski definition) is 1. The molecule has 0 aromatic heterocycles. The average Bonchev–Trinajstić information content (AvgIpc) is 1.91. The van der Waals surface area contributed by atoms with Gasteiger partial charge in [-0.2, -0.15) is 0 Å². The summed E-state index contributed by atoms with van der Waals surface area (Å²) in [7, 11) is 0. The van der Waals surface area contributed by atoms with Crippen molar-refractivity contribution in [3.63, 3.8) is 0 Å². The Morgan fingerprint density at radius 2 is 2.20 bits per heavy atom. The highest BCUT2D eigenvalue weighted by molar-refractivity contribution is 5.83. The zero-order chi connectivity index (χ0) is 7.14. The lowest BCUT2D eigenvalue weighted by molar-refractivity contribution is -0.129. The molecule has 0 amide bonds. The van der Waals surface area contributed by atoms with E-state index in [1.165, 1.54) is 6.42 Å². The van der Waals surface area contributed by atoms with Crippen LogP contribution in [0.3, 0.4) is 0 Å². The molecule has 3 aliphatic carbocycles. The van der Waals surface area contributed by atoms with Crippen molar-refractivity contribution in [3.05, 3.63) is 0 Å². The highest BCUT2D eigenvalue weighted by atomic mass is 16.1. The van der Waals surface area contributed by atoms with Gasteiger partial charge >= 0.3 is 0 Å². The number of nitrogens with two attached hydrogens (primary N) is 1. The van der Waals surface area contributed by atoms with Gasteiger partial charge in [-0.3, -0.25) is 4.79 Å². The van der Waals surface area contributed by atoms with E-state index in [1.54, 1.807) is 0 Å². The summed E-state index contributed by atoms with van der Waals surface area (Å²) in [6.07, 6.45) is 4.03. The van der Waals surface area contributed by atoms with Crippen LogP contribution >= 0.6 is 0 Å². The summed E-state index contributed by atoms with van der Waals surface area (Å²) in [5, 5.41) is 0. The summed E-state index contributed by atoms with van der Waals surface area (Å²) in [5.41, 5.74) is 5.83. The first-order valence-corrected chi connectivity index (χ1v) is 4.05. The molecule has 2 heteroatoms. The van der Waals surface area contributed by atoms with Crippen LogP contribution in [-0.2, 0) is 4.79 Å².